The van der Waals surface area contributed by atoms with E-state index in [2.05, 4.69) is 34.2 Å². The lowest BCUT2D eigenvalue weighted by Crippen LogP contribution is -2.47. The quantitative estimate of drug-likeness (QED) is 0.225. The number of para-hydroxylation sites is 1. The number of rotatable bonds is 10. The average molecular weight is 502 g/mol. The summed E-state index contributed by atoms with van der Waals surface area (Å²) in [6.45, 7) is 4.22. The first-order valence-corrected chi connectivity index (χ1v) is 10.5. The van der Waals surface area contributed by atoms with Gasteiger partial charge in [-0.1, -0.05) is 37.5 Å². The standard InChI is InChI=1S/C22H38N4O.HI/c1-23-22(24-16-10-5-4-6-11-17-25(2)3)26-18-14-21(15-19-26)27-20-12-8-7-9-13-20;/h7-9,12-13,21H,4-6,10-11,14-19H2,1-3H3,(H,23,24);1H. The molecule has 0 spiro atoms. The molecule has 1 aliphatic heterocycles. The molecule has 1 aliphatic rings. The monoisotopic (exact) mass is 502 g/mol. The molecule has 1 aromatic rings. The van der Waals surface area contributed by atoms with E-state index in [1.54, 1.807) is 0 Å². The number of hydrogen-bond acceptors (Lipinski definition) is 3. The highest BCUT2D eigenvalue weighted by molar-refractivity contribution is 14.0. The Morgan fingerprint density at radius 3 is 2.36 bits per heavy atom. The van der Waals surface area contributed by atoms with Crippen molar-refractivity contribution in [1.82, 2.24) is 15.1 Å². The Hall–Kier alpha value is -1.02. The van der Waals surface area contributed by atoms with Crippen molar-refractivity contribution in [2.75, 3.05) is 47.3 Å². The van der Waals surface area contributed by atoms with E-state index in [0.29, 0.717) is 6.10 Å². The largest absolute Gasteiger partial charge is 0.490 e. The molecule has 28 heavy (non-hydrogen) atoms. The van der Waals surface area contributed by atoms with Crippen molar-refractivity contribution in [3.8, 4) is 5.75 Å². The van der Waals surface area contributed by atoms with Crippen LogP contribution in [0, 0.1) is 0 Å². The molecule has 5 nitrogen and oxygen atoms in total. The lowest BCUT2D eigenvalue weighted by atomic mass is 10.1. The van der Waals surface area contributed by atoms with Gasteiger partial charge in [-0.3, -0.25) is 4.99 Å². The van der Waals surface area contributed by atoms with Crippen LogP contribution in [0.25, 0.3) is 0 Å². The Morgan fingerprint density at radius 1 is 1.07 bits per heavy atom. The maximum absolute atomic E-state index is 6.09. The van der Waals surface area contributed by atoms with E-state index >= 15 is 0 Å². The summed E-state index contributed by atoms with van der Waals surface area (Å²) in [5, 5.41) is 3.54. The number of halogens is 1. The summed E-state index contributed by atoms with van der Waals surface area (Å²) in [6.07, 6.45) is 8.88. The van der Waals surface area contributed by atoms with Gasteiger partial charge >= 0.3 is 0 Å². The summed E-state index contributed by atoms with van der Waals surface area (Å²) >= 11 is 0. The van der Waals surface area contributed by atoms with Crippen LogP contribution in [0.15, 0.2) is 35.3 Å². The van der Waals surface area contributed by atoms with Gasteiger partial charge in [0.1, 0.15) is 11.9 Å². The van der Waals surface area contributed by atoms with Crippen LogP contribution in [0.1, 0.15) is 44.9 Å². The molecule has 0 aliphatic carbocycles. The molecule has 160 valence electrons. The zero-order valence-electron chi connectivity index (χ0n) is 17.9. The molecule has 1 aromatic carbocycles. The Balaban J connectivity index is 0.00000392. The molecule has 1 N–H and O–H groups in total. The maximum atomic E-state index is 6.09. The van der Waals surface area contributed by atoms with Gasteiger partial charge in [-0.15, -0.1) is 24.0 Å². The molecule has 0 aromatic heterocycles. The molecule has 0 amide bonds. The van der Waals surface area contributed by atoms with Gasteiger partial charge in [0.2, 0.25) is 0 Å². The highest BCUT2D eigenvalue weighted by Crippen LogP contribution is 2.18. The number of unbranched alkanes of at least 4 members (excludes halogenated alkanes) is 4. The first-order chi connectivity index (χ1) is 13.2. The Bertz CT molecular complexity index is 531. The summed E-state index contributed by atoms with van der Waals surface area (Å²) in [6, 6.07) is 10.1. The van der Waals surface area contributed by atoms with E-state index in [1.165, 1.54) is 38.6 Å². The molecule has 0 radical (unpaired) electrons. The number of likely N-dealkylation sites (tertiary alicyclic amines) is 1. The lowest BCUT2D eigenvalue weighted by molar-refractivity contribution is 0.129. The van der Waals surface area contributed by atoms with Crippen molar-refractivity contribution < 1.29 is 4.74 Å². The Kier molecular flexibility index (Phi) is 13.3. The molecule has 0 atom stereocenters. The molecule has 0 bridgehead atoms. The minimum atomic E-state index is 0. The number of piperidine rings is 1. The van der Waals surface area contributed by atoms with E-state index in [-0.39, 0.29) is 24.0 Å². The second-order valence-corrected chi connectivity index (χ2v) is 7.66. The summed E-state index contributed by atoms with van der Waals surface area (Å²) in [5.74, 6) is 2.02. The topological polar surface area (TPSA) is 40.1 Å². The predicted octanol–water partition coefficient (Wildman–Crippen LogP) is 4.24. The number of aliphatic imine (C=N–C) groups is 1. The van der Waals surface area contributed by atoms with Crippen molar-refractivity contribution in [2.24, 2.45) is 4.99 Å². The third-order valence-electron chi connectivity index (χ3n) is 5.06. The van der Waals surface area contributed by atoms with Crippen LogP contribution in [0.3, 0.4) is 0 Å². The molecular formula is C22H39IN4O. The fraction of sp³-hybridized carbons (Fsp3) is 0.682. The number of nitrogens with one attached hydrogen (secondary N) is 1. The van der Waals surface area contributed by atoms with Gasteiger partial charge in [0.15, 0.2) is 5.96 Å². The number of hydrogen-bond donors (Lipinski definition) is 1. The molecular weight excluding hydrogens is 463 g/mol. The minimum Gasteiger partial charge on any atom is -0.490 e. The van der Waals surface area contributed by atoms with Crippen molar-refractivity contribution in [3.05, 3.63) is 30.3 Å². The first kappa shape index (κ1) is 25.0. The predicted molar refractivity (Wildman–Crippen MR) is 130 cm³/mol. The third kappa shape index (κ3) is 9.96. The summed E-state index contributed by atoms with van der Waals surface area (Å²) < 4.78 is 6.09. The van der Waals surface area contributed by atoms with Crippen LogP contribution in [0.5, 0.6) is 5.75 Å². The Morgan fingerprint density at radius 2 is 1.71 bits per heavy atom. The maximum Gasteiger partial charge on any atom is 0.193 e. The van der Waals surface area contributed by atoms with E-state index in [1.807, 2.05) is 37.4 Å². The molecule has 2 rings (SSSR count). The molecule has 1 heterocycles. The summed E-state index contributed by atoms with van der Waals surface area (Å²) in [7, 11) is 6.17. The number of ether oxygens (including phenoxy) is 1. The highest BCUT2D eigenvalue weighted by Gasteiger charge is 2.22. The van der Waals surface area contributed by atoms with Crippen LogP contribution >= 0.6 is 24.0 Å². The van der Waals surface area contributed by atoms with Gasteiger partial charge < -0.3 is 19.9 Å². The third-order valence-corrected chi connectivity index (χ3v) is 5.06. The SMILES string of the molecule is CN=C(NCCCCCCCN(C)C)N1CCC(Oc2ccccc2)CC1.I. The van der Waals surface area contributed by atoms with Gasteiger partial charge in [-0.2, -0.15) is 0 Å². The van der Waals surface area contributed by atoms with Crippen LogP contribution < -0.4 is 10.1 Å². The van der Waals surface area contributed by atoms with Crippen molar-refractivity contribution in [3.63, 3.8) is 0 Å². The van der Waals surface area contributed by atoms with Crippen LogP contribution in [-0.4, -0.2) is 69.2 Å². The minimum absolute atomic E-state index is 0. The molecule has 6 heteroatoms. The van der Waals surface area contributed by atoms with Gasteiger partial charge in [0.25, 0.3) is 0 Å². The lowest BCUT2D eigenvalue weighted by Gasteiger charge is -2.34. The van der Waals surface area contributed by atoms with Crippen LogP contribution in [0.2, 0.25) is 0 Å². The molecule has 0 saturated carbocycles. The van der Waals surface area contributed by atoms with E-state index in [0.717, 1.165) is 44.2 Å². The Labute approximate surface area is 188 Å². The summed E-state index contributed by atoms with van der Waals surface area (Å²) in [5.41, 5.74) is 0. The molecule has 1 saturated heterocycles. The first-order valence-electron chi connectivity index (χ1n) is 10.5. The highest BCUT2D eigenvalue weighted by atomic mass is 127. The molecule has 0 unspecified atom stereocenters. The van der Waals surface area contributed by atoms with Gasteiger partial charge in [-0.25, -0.2) is 0 Å². The normalized spacial score (nSPS) is 15.4. The van der Waals surface area contributed by atoms with Crippen molar-refractivity contribution >= 4 is 29.9 Å². The van der Waals surface area contributed by atoms with E-state index < -0.39 is 0 Å². The van der Waals surface area contributed by atoms with Gasteiger partial charge in [0, 0.05) is 39.5 Å². The van der Waals surface area contributed by atoms with E-state index in [9.17, 15) is 0 Å². The second kappa shape index (κ2) is 14.9. The van der Waals surface area contributed by atoms with Crippen LogP contribution in [0.4, 0.5) is 0 Å². The smallest absolute Gasteiger partial charge is 0.193 e. The van der Waals surface area contributed by atoms with Gasteiger partial charge in [-0.05, 0) is 45.6 Å². The summed E-state index contributed by atoms with van der Waals surface area (Å²) in [4.78, 5) is 9.10. The average Bonchev–Trinajstić information content (AvgIpc) is 2.68. The second-order valence-electron chi connectivity index (χ2n) is 7.66. The number of nitrogens with zero attached hydrogens (tertiary/aromatic N) is 3. The molecule has 1 fully saturated rings. The zero-order chi connectivity index (χ0) is 19.3. The van der Waals surface area contributed by atoms with Crippen molar-refractivity contribution in [2.45, 2.75) is 51.0 Å². The zero-order valence-corrected chi connectivity index (χ0v) is 20.2. The number of guanidine groups is 1. The van der Waals surface area contributed by atoms with E-state index in [4.69, 9.17) is 4.74 Å². The fourth-order valence-electron chi connectivity index (χ4n) is 3.49. The van der Waals surface area contributed by atoms with Gasteiger partial charge in [0.05, 0.1) is 0 Å². The fourth-order valence-corrected chi connectivity index (χ4v) is 3.49. The van der Waals surface area contributed by atoms with Crippen molar-refractivity contribution in [1.29, 1.82) is 0 Å². The van der Waals surface area contributed by atoms with Crippen LogP contribution in [-0.2, 0) is 0 Å². The number of benzene rings is 1.